The molecule has 4 rings (SSSR count). The topological polar surface area (TPSA) is 84.0 Å². The monoisotopic (exact) mass is 418 g/mol. The Labute approximate surface area is 177 Å². The van der Waals surface area contributed by atoms with Gasteiger partial charge in [-0.2, -0.15) is 5.26 Å². The summed E-state index contributed by atoms with van der Waals surface area (Å²) >= 11 is 6.37. The summed E-state index contributed by atoms with van der Waals surface area (Å²) in [4.78, 5) is 4.30. The Morgan fingerprint density at radius 2 is 2.00 bits per heavy atom. The molecule has 5 nitrogen and oxygen atoms in total. The van der Waals surface area contributed by atoms with E-state index in [-0.39, 0.29) is 12.4 Å². The summed E-state index contributed by atoms with van der Waals surface area (Å²) in [5.41, 5.74) is 9.55. The van der Waals surface area contributed by atoms with E-state index in [0.29, 0.717) is 44.5 Å². The minimum Gasteiger partial charge on any atom is -0.487 e. The van der Waals surface area contributed by atoms with E-state index in [1.807, 2.05) is 0 Å². The molecule has 0 radical (unpaired) electrons. The maximum absolute atomic E-state index is 13.3. The SMILES string of the molecule is N#Cc1cnc2ccc(N)cc2c1Nc1ccc(OCc2cccc(F)c2)c(Cl)c1. The van der Waals surface area contributed by atoms with Crippen molar-refractivity contribution < 1.29 is 9.13 Å². The van der Waals surface area contributed by atoms with Gasteiger partial charge in [-0.1, -0.05) is 23.7 Å². The molecule has 4 aromatic rings. The highest BCUT2D eigenvalue weighted by molar-refractivity contribution is 6.32. The summed E-state index contributed by atoms with van der Waals surface area (Å²) in [5.74, 6) is 0.149. The van der Waals surface area contributed by atoms with E-state index in [1.165, 1.54) is 18.3 Å². The molecular formula is C23H16ClFN4O. The van der Waals surface area contributed by atoms with Crippen molar-refractivity contribution in [1.29, 1.82) is 5.26 Å². The van der Waals surface area contributed by atoms with Crippen molar-refractivity contribution in [2.24, 2.45) is 0 Å². The quantitative estimate of drug-likeness (QED) is 0.400. The Kier molecular flexibility index (Phi) is 5.38. The first kappa shape index (κ1) is 19.5. The number of hydrogen-bond donors (Lipinski definition) is 2. The van der Waals surface area contributed by atoms with Crippen molar-refractivity contribution in [2.75, 3.05) is 11.1 Å². The molecule has 0 unspecified atom stereocenters. The number of nitrogen functional groups attached to an aromatic ring is 1. The number of anilines is 3. The molecule has 30 heavy (non-hydrogen) atoms. The molecule has 1 aromatic heterocycles. The van der Waals surface area contributed by atoms with E-state index < -0.39 is 0 Å². The van der Waals surface area contributed by atoms with Gasteiger partial charge in [0, 0.05) is 23.0 Å². The number of nitrogens with zero attached hydrogens (tertiary/aromatic N) is 2. The van der Waals surface area contributed by atoms with Crippen LogP contribution in [0.1, 0.15) is 11.1 Å². The lowest BCUT2D eigenvalue weighted by atomic mass is 10.1. The molecule has 0 aliphatic heterocycles. The number of nitrogens with one attached hydrogen (secondary N) is 1. The van der Waals surface area contributed by atoms with Crippen LogP contribution >= 0.6 is 11.6 Å². The third-order valence-electron chi connectivity index (χ3n) is 4.50. The standard InChI is InChI=1S/C23H16ClFN4O/c24-20-10-18(5-7-22(20)30-13-14-2-1-3-16(25)8-14)29-23-15(11-26)12-28-21-6-4-17(27)9-19(21)23/h1-10,12H,13,27H2,(H,28,29). The second-order valence-electron chi connectivity index (χ2n) is 6.62. The summed E-state index contributed by atoms with van der Waals surface area (Å²) in [6.07, 6.45) is 1.51. The van der Waals surface area contributed by atoms with Crippen LogP contribution in [-0.2, 0) is 6.61 Å². The minimum absolute atomic E-state index is 0.192. The van der Waals surface area contributed by atoms with Gasteiger partial charge < -0.3 is 15.8 Å². The number of rotatable bonds is 5. The highest BCUT2D eigenvalue weighted by Crippen LogP contribution is 2.33. The zero-order valence-corrected chi connectivity index (χ0v) is 16.4. The van der Waals surface area contributed by atoms with Gasteiger partial charge in [-0.25, -0.2) is 4.39 Å². The number of hydrogen-bond acceptors (Lipinski definition) is 5. The van der Waals surface area contributed by atoms with Crippen molar-refractivity contribution in [1.82, 2.24) is 4.98 Å². The maximum atomic E-state index is 13.3. The number of halogens is 2. The van der Waals surface area contributed by atoms with Crippen molar-refractivity contribution in [3.63, 3.8) is 0 Å². The molecule has 0 spiro atoms. The lowest BCUT2D eigenvalue weighted by molar-refractivity contribution is 0.306. The van der Waals surface area contributed by atoms with Crippen LogP contribution in [0.4, 0.5) is 21.5 Å². The fraction of sp³-hybridized carbons (Fsp3) is 0.0435. The van der Waals surface area contributed by atoms with Gasteiger partial charge in [0.15, 0.2) is 0 Å². The second kappa shape index (κ2) is 8.27. The number of fused-ring (bicyclic) bond motifs is 1. The summed E-state index contributed by atoms with van der Waals surface area (Å²) in [5, 5.41) is 13.8. The molecule has 3 N–H and O–H groups in total. The van der Waals surface area contributed by atoms with Crippen molar-refractivity contribution in [3.05, 3.63) is 88.8 Å². The van der Waals surface area contributed by atoms with Crippen molar-refractivity contribution in [2.45, 2.75) is 6.61 Å². The molecule has 0 saturated carbocycles. The maximum Gasteiger partial charge on any atom is 0.138 e. The molecule has 0 amide bonds. The largest absolute Gasteiger partial charge is 0.487 e. The van der Waals surface area contributed by atoms with Crippen LogP contribution in [0.2, 0.25) is 5.02 Å². The lowest BCUT2D eigenvalue weighted by Crippen LogP contribution is -1.99. The average molecular weight is 419 g/mol. The third-order valence-corrected chi connectivity index (χ3v) is 4.79. The van der Waals surface area contributed by atoms with E-state index >= 15 is 0 Å². The average Bonchev–Trinajstić information content (AvgIpc) is 2.73. The highest BCUT2D eigenvalue weighted by Gasteiger charge is 2.11. The molecule has 148 valence electrons. The number of pyridine rings is 1. The van der Waals surface area contributed by atoms with E-state index in [1.54, 1.807) is 48.5 Å². The number of ether oxygens (including phenoxy) is 1. The van der Waals surface area contributed by atoms with Gasteiger partial charge >= 0.3 is 0 Å². The summed E-state index contributed by atoms with van der Waals surface area (Å²) in [6.45, 7) is 0.192. The molecule has 3 aromatic carbocycles. The van der Waals surface area contributed by atoms with Gasteiger partial charge in [-0.05, 0) is 54.1 Å². The zero-order chi connectivity index (χ0) is 21.1. The molecule has 0 bridgehead atoms. The summed E-state index contributed by atoms with van der Waals surface area (Å²) in [6, 6.07) is 18.9. The van der Waals surface area contributed by atoms with Crippen LogP contribution in [0.25, 0.3) is 10.9 Å². The Morgan fingerprint density at radius 1 is 1.13 bits per heavy atom. The van der Waals surface area contributed by atoms with Crippen LogP contribution in [0, 0.1) is 17.1 Å². The van der Waals surface area contributed by atoms with Crippen LogP contribution in [0.3, 0.4) is 0 Å². The van der Waals surface area contributed by atoms with Gasteiger partial charge in [0.2, 0.25) is 0 Å². The Hall–Kier alpha value is -3.82. The van der Waals surface area contributed by atoms with E-state index in [2.05, 4.69) is 16.4 Å². The number of benzene rings is 3. The first-order valence-electron chi connectivity index (χ1n) is 9.05. The van der Waals surface area contributed by atoms with Crippen LogP contribution < -0.4 is 15.8 Å². The smallest absolute Gasteiger partial charge is 0.138 e. The zero-order valence-electron chi connectivity index (χ0n) is 15.7. The van der Waals surface area contributed by atoms with E-state index in [0.717, 1.165) is 5.39 Å². The molecule has 0 aliphatic rings. The molecule has 0 atom stereocenters. The van der Waals surface area contributed by atoms with Crippen LogP contribution in [-0.4, -0.2) is 4.98 Å². The minimum atomic E-state index is -0.319. The fourth-order valence-electron chi connectivity index (χ4n) is 3.06. The van der Waals surface area contributed by atoms with E-state index in [4.69, 9.17) is 22.1 Å². The first-order chi connectivity index (χ1) is 14.5. The first-order valence-corrected chi connectivity index (χ1v) is 9.43. The molecule has 0 aliphatic carbocycles. The summed E-state index contributed by atoms with van der Waals surface area (Å²) < 4.78 is 19.0. The molecule has 0 fully saturated rings. The highest BCUT2D eigenvalue weighted by atomic mass is 35.5. The Morgan fingerprint density at radius 3 is 2.77 bits per heavy atom. The molecule has 0 saturated heterocycles. The van der Waals surface area contributed by atoms with Crippen molar-refractivity contribution in [3.8, 4) is 11.8 Å². The second-order valence-corrected chi connectivity index (χ2v) is 7.03. The van der Waals surface area contributed by atoms with Crippen molar-refractivity contribution >= 4 is 39.6 Å². The Balaban J connectivity index is 1.60. The molecule has 1 heterocycles. The van der Waals surface area contributed by atoms with Crippen LogP contribution in [0.15, 0.2) is 66.9 Å². The Bertz CT molecular complexity index is 1290. The summed E-state index contributed by atoms with van der Waals surface area (Å²) in [7, 11) is 0. The third kappa shape index (κ3) is 4.12. The predicted molar refractivity (Wildman–Crippen MR) is 116 cm³/mol. The van der Waals surface area contributed by atoms with Gasteiger partial charge in [-0.3, -0.25) is 4.98 Å². The predicted octanol–water partition coefficient (Wildman–Crippen LogP) is 5.80. The molecular weight excluding hydrogens is 403 g/mol. The van der Waals surface area contributed by atoms with Crippen LogP contribution in [0.5, 0.6) is 5.75 Å². The molecule has 7 heteroatoms. The normalized spacial score (nSPS) is 10.6. The number of aromatic nitrogens is 1. The number of nitrogens with two attached hydrogens (primary N) is 1. The van der Waals surface area contributed by atoms with Gasteiger partial charge in [0.05, 0.1) is 21.8 Å². The van der Waals surface area contributed by atoms with Gasteiger partial charge in [-0.15, -0.1) is 0 Å². The van der Waals surface area contributed by atoms with E-state index in [9.17, 15) is 9.65 Å². The van der Waals surface area contributed by atoms with Gasteiger partial charge in [0.1, 0.15) is 24.2 Å². The fourth-order valence-corrected chi connectivity index (χ4v) is 3.29. The number of nitriles is 1. The lowest BCUT2D eigenvalue weighted by Gasteiger charge is -2.14. The van der Waals surface area contributed by atoms with Gasteiger partial charge in [0.25, 0.3) is 0 Å².